The first kappa shape index (κ1) is 18.7. The standard InChI is InChI=1S/C21H17FN2O2S2/c22-15-5-2-7-17(11-15)24-20(26)13-28-21(24)14-4-1-6-16(10-14)23-19(25)12-18-8-3-9-27-18/h1-11,21H,12-13H2,(H,23,25)/t21-/m1/s1. The van der Waals surface area contributed by atoms with Crippen LogP contribution in [0.5, 0.6) is 0 Å². The Hall–Kier alpha value is -2.64. The molecule has 142 valence electrons. The largest absolute Gasteiger partial charge is 0.326 e. The molecular formula is C21H17FN2O2S2. The number of nitrogens with one attached hydrogen (secondary N) is 1. The summed E-state index contributed by atoms with van der Waals surface area (Å²) in [6.07, 6.45) is 0.327. The minimum absolute atomic E-state index is 0.0623. The average molecular weight is 413 g/mol. The van der Waals surface area contributed by atoms with Gasteiger partial charge in [-0.2, -0.15) is 0 Å². The van der Waals surface area contributed by atoms with Crippen LogP contribution < -0.4 is 10.2 Å². The molecule has 4 nitrogen and oxygen atoms in total. The summed E-state index contributed by atoms with van der Waals surface area (Å²) < 4.78 is 13.6. The number of nitrogens with zero attached hydrogens (tertiary/aromatic N) is 1. The first-order valence-electron chi connectivity index (χ1n) is 8.71. The zero-order valence-electron chi connectivity index (χ0n) is 14.8. The maximum absolute atomic E-state index is 13.6. The zero-order chi connectivity index (χ0) is 19.5. The first-order valence-corrected chi connectivity index (χ1v) is 10.6. The van der Waals surface area contributed by atoms with Gasteiger partial charge in [-0.3, -0.25) is 14.5 Å². The molecule has 2 heterocycles. The summed E-state index contributed by atoms with van der Waals surface area (Å²) in [5, 5.41) is 4.60. The summed E-state index contributed by atoms with van der Waals surface area (Å²) in [6, 6.07) is 17.4. The van der Waals surface area contributed by atoms with Gasteiger partial charge in [-0.05, 0) is 47.3 Å². The third-order valence-electron chi connectivity index (χ3n) is 4.32. The number of thioether (sulfide) groups is 1. The van der Waals surface area contributed by atoms with Crippen LogP contribution in [-0.4, -0.2) is 17.6 Å². The lowest BCUT2D eigenvalue weighted by Crippen LogP contribution is -2.28. The molecule has 1 aliphatic heterocycles. The van der Waals surface area contributed by atoms with E-state index >= 15 is 0 Å². The highest BCUT2D eigenvalue weighted by Crippen LogP contribution is 2.42. The number of rotatable bonds is 5. The molecule has 0 spiro atoms. The molecule has 2 amide bonds. The third-order valence-corrected chi connectivity index (χ3v) is 6.41. The van der Waals surface area contributed by atoms with Gasteiger partial charge in [0, 0.05) is 16.3 Å². The van der Waals surface area contributed by atoms with E-state index in [9.17, 15) is 14.0 Å². The van der Waals surface area contributed by atoms with Gasteiger partial charge in [0.15, 0.2) is 0 Å². The minimum atomic E-state index is -0.379. The molecule has 1 atom stereocenters. The van der Waals surface area contributed by atoms with Crippen molar-refractivity contribution in [3.05, 3.63) is 82.3 Å². The molecule has 2 aromatic carbocycles. The van der Waals surface area contributed by atoms with Crippen molar-refractivity contribution in [3.63, 3.8) is 0 Å². The molecule has 3 aromatic rings. The molecule has 4 rings (SSSR count). The molecule has 0 unspecified atom stereocenters. The third kappa shape index (κ3) is 4.10. The Labute approximate surface area is 170 Å². The van der Waals surface area contributed by atoms with Crippen LogP contribution in [0.2, 0.25) is 0 Å². The zero-order valence-corrected chi connectivity index (χ0v) is 16.4. The Morgan fingerprint density at radius 1 is 1.14 bits per heavy atom. The van der Waals surface area contributed by atoms with Crippen molar-refractivity contribution in [2.45, 2.75) is 11.8 Å². The highest BCUT2D eigenvalue weighted by atomic mass is 32.2. The quantitative estimate of drug-likeness (QED) is 0.652. The van der Waals surface area contributed by atoms with E-state index < -0.39 is 0 Å². The summed E-state index contributed by atoms with van der Waals surface area (Å²) in [6.45, 7) is 0. The van der Waals surface area contributed by atoms with E-state index in [0.29, 0.717) is 23.5 Å². The number of benzene rings is 2. The Bertz CT molecular complexity index is 1010. The number of thiophene rings is 1. The fraction of sp³-hybridized carbons (Fsp3) is 0.143. The van der Waals surface area contributed by atoms with Crippen molar-refractivity contribution in [3.8, 4) is 0 Å². The summed E-state index contributed by atoms with van der Waals surface area (Å²) >= 11 is 3.03. The van der Waals surface area contributed by atoms with Gasteiger partial charge in [0.1, 0.15) is 11.2 Å². The van der Waals surface area contributed by atoms with Crippen LogP contribution >= 0.6 is 23.1 Å². The van der Waals surface area contributed by atoms with Crippen LogP contribution in [0.15, 0.2) is 66.0 Å². The van der Waals surface area contributed by atoms with Crippen LogP contribution in [-0.2, 0) is 16.0 Å². The molecule has 1 fully saturated rings. The van der Waals surface area contributed by atoms with Crippen molar-refractivity contribution in [1.29, 1.82) is 0 Å². The van der Waals surface area contributed by atoms with Crippen LogP contribution in [0.25, 0.3) is 0 Å². The number of hydrogen-bond donors (Lipinski definition) is 1. The number of halogens is 1. The Kier molecular flexibility index (Phi) is 5.45. The predicted molar refractivity (Wildman–Crippen MR) is 112 cm³/mol. The summed E-state index contributed by atoms with van der Waals surface area (Å²) in [4.78, 5) is 27.3. The predicted octanol–water partition coefficient (Wildman–Crippen LogP) is 4.85. The first-order chi connectivity index (χ1) is 13.6. The average Bonchev–Trinajstić information content (AvgIpc) is 3.31. The lowest BCUT2D eigenvalue weighted by atomic mass is 10.1. The molecule has 7 heteroatoms. The lowest BCUT2D eigenvalue weighted by Gasteiger charge is -2.24. The van der Waals surface area contributed by atoms with Crippen molar-refractivity contribution in [2.75, 3.05) is 16.0 Å². The smallest absolute Gasteiger partial charge is 0.238 e. The van der Waals surface area contributed by atoms with Crippen molar-refractivity contribution in [1.82, 2.24) is 0 Å². The highest BCUT2D eigenvalue weighted by molar-refractivity contribution is 8.00. The van der Waals surface area contributed by atoms with Gasteiger partial charge in [-0.1, -0.05) is 24.3 Å². The topological polar surface area (TPSA) is 49.4 Å². The molecule has 0 aliphatic carbocycles. The van der Waals surface area contributed by atoms with Crippen LogP contribution in [0.3, 0.4) is 0 Å². The second kappa shape index (κ2) is 8.16. The van der Waals surface area contributed by atoms with Gasteiger partial charge in [-0.25, -0.2) is 4.39 Å². The molecule has 28 heavy (non-hydrogen) atoms. The molecule has 0 radical (unpaired) electrons. The molecule has 1 saturated heterocycles. The number of anilines is 2. The summed E-state index contributed by atoms with van der Waals surface area (Å²) in [5.74, 6) is -0.198. The molecular weight excluding hydrogens is 395 g/mol. The van der Waals surface area contributed by atoms with E-state index in [1.807, 2.05) is 41.8 Å². The molecule has 0 saturated carbocycles. The molecule has 1 aliphatic rings. The molecule has 1 N–H and O–H groups in total. The lowest BCUT2D eigenvalue weighted by molar-refractivity contribution is -0.116. The normalized spacial score (nSPS) is 16.4. The van der Waals surface area contributed by atoms with Crippen LogP contribution in [0.4, 0.5) is 15.8 Å². The van der Waals surface area contributed by atoms with Gasteiger partial charge in [0.05, 0.1) is 12.2 Å². The molecule has 1 aromatic heterocycles. The van der Waals surface area contributed by atoms with E-state index in [0.717, 1.165) is 10.4 Å². The van der Waals surface area contributed by atoms with E-state index in [1.165, 1.54) is 23.9 Å². The maximum Gasteiger partial charge on any atom is 0.238 e. The summed E-state index contributed by atoms with van der Waals surface area (Å²) in [5.41, 5.74) is 2.10. The van der Waals surface area contributed by atoms with Crippen LogP contribution in [0, 0.1) is 5.82 Å². The second-order valence-electron chi connectivity index (χ2n) is 6.34. The van der Waals surface area contributed by atoms with Crippen molar-refractivity contribution >= 4 is 46.3 Å². The van der Waals surface area contributed by atoms with Gasteiger partial charge >= 0.3 is 0 Å². The van der Waals surface area contributed by atoms with E-state index in [-0.39, 0.29) is 23.0 Å². The summed E-state index contributed by atoms with van der Waals surface area (Å²) in [7, 11) is 0. The number of carbonyl (C=O) groups is 2. The second-order valence-corrected chi connectivity index (χ2v) is 8.44. The van der Waals surface area contributed by atoms with Crippen LogP contribution in [0.1, 0.15) is 15.8 Å². The maximum atomic E-state index is 13.6. The minimum Gasteiger partial charge on any atom is -0.326 e. The van der Waals surface area contributed by atoms with Gasteiger partial charge < -0.3 is 5.32 Å². The Balaban J connectivity index is 1.54. The van der Waals surface area contributed by atoms with Gasteiger partial charge in [0.25, 0.3) is 0 Å². The fourth-order valence-corrected chi connectivity index (χ4v) is 4.99. The highest BCUT2D eigenvalue weighted by Gasteiger charge is 2.34. The molecule has 0 bridgehead atoms. The van der Waals surface area contributed by atoms with Gasteiger partial charge in [-0.15, -0.1) is 23.1 Å². The van der Waals surface area contributed by atoms with E-state index in [4.69, 9.17) is 0 Å². The number of carbonyl (C=O) groups excluding carboxylic acids is 2. The van der Waals surface area contributed by atoms with E-state index in [1.54, 1.807) is 28.4 Å². The number of amides is 2. The number of hydrogen-bond acceptors (Lipinski definition) is 4. The van der Waals surface area contributed by atoms with Crippen molar-refractivity contribution < 1.29 is 14.0 Å². The van der Waals surface area contributed by atoms with Crippen molar-refractivity contribution in [2.24, 2.45) is 0 Å². The Morgan fingerprint density at radius 2 is 2.00 bits per heavy atom. The monoisotopic (exact) mass is 412 g/mol. The van der Waals surface area contributed by atoms with Gasteiger partial charge in [0.2, 0.25) is 11.8 Å². The Morgan fingerprint density at radius 3 is 2.79 bits per heavy atom. The van der Waals surface area contributed by atoms with E-state index in [2.05, 4.69) is 5.32 Å². The fourth-order valence-electron chi connectivity index (χ4n) is 3.12. The SMILES string of the molecule is O=C(Cc1cccs1)Nc1cccc([C@H]2SCC(=O)N2c2cccc(F)c2)c1.